The van der Waals surface area contributed by atoms with Gasteiger partial charge < -0.3 is 20.5 Å². The highest BCUT2D eigenvalue weighted by Gasteiger charge is 2.31. The summed E-state index contributed by atoms with van der Waals surface area (Å²) in [6.07, 6.45) is -3.40. The van der Waals surface area contributed by atoms with Gasteiger partial charge in [0.1, 0.15) is 0 Å². The van der Waals surface area contributed by atoms with Gasteiger partial charge in [-0.1, -0.05) is 35.0 Å². The molecule has 0 atom stereocenters. The highest BCUT2D eigenvalue weighted by Crippen LogP contribution is 2.34. The molecule has 0 unspecified atom stereocenters. The Bertz CT molecular complexity index is 1050. The summed E-state index contributed by atoms with van der Waals surface area (Å²) in [6.45, 7) is 0. The number of urea groups is 1. The molecule has 11 heteroatoms. The molecule has 0 radical (unpaired) electrons. The van der Waals surface area contributed by atoms with Gasteiger partial charge in [0.25, 0.3) is 0 Å². The van der Waals surface area contributed by atoms with Gasteiger partial charge in [-0.05, 0) is 29.4 Å². The second-order valence-electron chi connectivity index (χ2n) is 6.26. The zero-order chi connectivity index (χ0) is 21.7. The van der Waals surface area contributed by atoms with E-state index >= 15 is 0 Å². The number of rotatable bonds is 5. The van der Waals surface area contributed by atoms with E-state index in [1.165, 1.54) is 24.0 Å². The van der Waals surface area contributed by atoms with Crippen molar-refractivity contribution in [3.63, 3.8) is 0 Å². The van der Waals surface area contributed by atoms with Crippen molar-refractivity contribution in [1.82, 2.24) is 5.27 Å². The molecule has 0 spiro atoms. The maximum atomic E-state index is 13.2. The minimum Gasteiger partial charge on any atom is -0.424 e. The number of nitrogens with zero attached hydrogens (tertiary/aromatic N) is 3. The van der Waals surface area contributed by atoms with Gasteiger partial charge in [0.15, 0.2) is 18.4 Å². The summed E-state index contributed by atoms with van der Waals surface area (Å²) in [5.74, 6) is -0.630. The zero-order valence-electron chi connectivity index (χ0n) is 15.6. The number of halogens is 3. The summed E-state index contributed by atoms with van der Waals surface area (Å²) < 4.78 is 45.7. The highest BCUT2D eigenvalue weighted by atomic mass is 19.4. The van der Waals surface area contributed by atoms with Gasteiger partial charge in [-0.25, -0.2) is 0 Å². The number of anilines is 2. The molecule has 0 saturated heterocycles. The van der Waals surface area contributed by atoms with Crippen molar-refractivity contribution in [2.45, 2.75) is 12.6 Å². The van der Waals surface area contributed by atoms with Crippen LogP contribution in [0.25, 0.3) is 5.32 Å². The summed E-state index contributed by atoms with van der Waals surface area (Å²) in [5, 5.41) is 11.7. The van der Waals surface area contributed by atoms with Gasteiger partial charge in [-0.2, -0.15) is 13.2 Å². The normalized spacial score (nSPS) is 11.1. The van der Waals surface area contributed by atoms with Crippen LogP contribution in [0.3, 0.4) is 0 Å². The van der Waals surface area contributed by atoms with Gasteiger partial charge in [-0.3, -0.25) is 9.59 Å². The molecular formula is C19H16F3N5O3. The molecular weight excluding hydrogens is 403 g/mol. The van der Waals surface area contributed by atoms with E-state index in [4.69, 9.17) is 4.52 Å². The first-order valence-corrected chi connectivity index (χ1v) is 8.60. The predicted molar refractivity (Wildman–Crippen MR) is 99.9 cm³/mol. The monoisotopic (exact) mass is 419 g/mol. The van der Waals surface area contributed by atoms with Crippen molar-refractivity contribution in [2.75, 3.05) is 10.6 Å². The molecule has 3 rings (SSSR count). The van der Waals surface area contributed by atoms with Crippen LogP contribution in [0.15, 0.2) is 59.3 Å². The van der Waals surface area contributed by atoms with Crippen molar-refractivity contribution in [1.29, 1.82) is 0 Å². The first-order valence-electron chi connectivity index (χ1n) is 8.60. The Labute approximate surface area is 168 Å². The summed E-state index contributed by atoms with van der Waals surface area (Å²) in [7, 11) is 1.54. The minimum atomic E-state index is -4.69. The van der Waals surface area contributed by atoms with Crippen LogP contribution in [0.1, 0.15) is 11.1 Å². The van der Waals surface area contributed by atoms with E-state index < -0.39 is 23.7 Å². The number of nitrogens with one attached hydrogen (secondary N) is 2. The Kier molecular flexibility index (Phi) is 6.00. The summed E-state index contributed by atoms with van der Waals surface area (Å²) in [6, 6.07) is 10.5. The Morgan fingerprint density at radius 1 is 1.10 bits per heavy atom. The zero-order valence-corrected chi connectivity index (χ0v) is 15.6. The van der Waals surface area contributed by atoms with Gasteiger partial charge in [0, 0.05) is 5.69 Å². The molecule has 2 N–H and O–H groups in total. The number of carbonyl (C=O) groups excluding carboxylic acids is 2. The van der Waals surface area contributed by atoms with Gasteiger partial charge in [-0.15, -0.1) is 0 Å². The van der Waals surface area contributed by atoms with Crippen LogP contribution < -0.4 is 15.3 Å². The van der Waals surface area contributed by atoms with Crippen LogP contribution in [0, 0.1) is 0 Å². The molecule has 2 aromatic carbocycles. The summed E-state index contributed by atoms with van der Waals surface area (Å²) in [5.41, 5.74) is -0.652. The topological polar surface area (TPSA) is 102 Å². The number of carbonyl (C=O) groups is 2. The Morgan fingerprint density at radius 3 is 2.37 bits per heavy atom. The molecule has 0 aliphatic carbocycles. The average molecular weight is 419 g/mol. The standard InChI is InChI=1S/C19H16F3N5O3/c1-27-11-17(30-26-27)25-18(29)24-15-9-13(19(20,21)22)8-14(10-15)23-16(28)7-12-5-3-2-4-6-12/h2-6,8-11H,7H2,1H3,(H2-,23,24,25,26,28,29). The van der Waals surface area contributed by atoms with E-state index in [2.05, 4.69) is 21.2 Å². The van der Waals surface area contributed by atoms with Crippen molar-refractivity contribution in [2.24, 2.45) is 7.05 Å². The van der Waals surface area contributed by atoms with Crippen LogP contribution in [-0.2, 0) is 24.4 Å². The second-order valence-corrected chi connectivity index (χ2v) is 6.26. The molecule has 0 fully saturated rings. The number of aromatic nitrogens is 2. The molecule has 156 valence electrons. The Morgan fingerprint density at radius 2 is 1.77 bits per heavy atom. The van der Waals surface area contributed by atoms with Crippen LogP contribution in [-0.4, -0.2) is 17.2 Å². The molecule has 0 aliphatic heterocycles. The number of benzene rings is 2. The Hall–Kier alpha value is -3.89. The van der Waals surface area contributed by atoms with Crippen LogP contribution in [0.5, 0.6) is 0 Å². The van der Waals surface area contributed by atoms with Gasteiger partial charge in [0.05, 0.1) is 12.0 Å². The first-order chi connectivity index (χ1) is 14.2. The maximum absolute atomic E-state index is 13.2. The lowest BCUT2D eigenvalue weighted by atomic mass is 10.1. The average Bonchev–Trinajstić information content (AvgIpc) is 3.06. The maximum Gasteiger partial charge on any atom is 0.416 e. The summed E-state index contributed by atoms with van der Waals surface area (Å²) in [4.78, 5) is 24.2. The fraction of sp³-hybridized carbons (Fsp3) is 0.158. The van der Waals surface area contributed by atoms with Crippen molar-refractivity contribution in [3.8, 4) is 0 Å². The molecule has 30 heavy (non-hydrogen) atoms. The van der Waals surface area contributed by atoms with E-state index in [9.17, 15) is 22.8 Å². The Balaban J connectivity index is 1.76. The second kappa shape index (κ2) is 8.64. The molecule has 3 amide bonds. The van der Waals surface area contributed by atoms with Gasteiger partial charge >= 0.3 is 6.18 Å². The lowest BCUT2D eigenvalue weighted by Crippen LogP contribution is -2.27. The third kappa shape index (κ3) is 5.80. The van der Waals surface area contributed by atoms with Crippen molar-refractivity contribution >= 4 is 29.2 Å². The summed E-state index contributed by atoms with van der Waals surface area (Å²) >= 11 is 0. The highest BCUT2D eigenvalue weighted by molar-refractivity contribution is 6.04. The predicted octanol–water partition coefficient (Wildman–Crippen LogP) is 3.94. The fourth-order valence-corrected chi connectivity index (χ4v) is 2.54. The molecule has 3 aromatic rings. The third-order valence-corrected chi connectivity index (χ3v) is 3.78. The SMILES string of the molecule is C[n+]1cc([N-]C(=O)Nc2cc(NC(=O)Cc3ccccc3)cc(C(F)(F)F)c2)on1. The smallest absolute Gasteiger partial charge is 0.416 e. The van der Waals surface area contributed by atoms with Crippen LogP contribution >= 0.6 is 0 Å². The molecule has 1 heterocycles. The molecule has 1 aromatic heterocycles. The largest absolute Gasteiger partial charge is 0.424 e. The van der Waals surface area contributed by atoms with E-state index in [0.29, 0.717) is 5.56 Å². The first kappa shape index (κ1) is 20.8. The van der Waals surface area contributed by atoms with E-state index in [0.717, 1.165) is 12.1 Å². The number of amides is 3. The molecule has 0 bridgehead atoms. The van der Waals surface area contributed by atoms with Crippen molar-refractivity contribution < 1.29 is 32.0 Å². The fourth-order valence-electron chi connectivity index (χ4n) is 2.54. The third-order valence-electron chi connectivity index (χ3n) is 3.78. The molecule has 0 aliphatic rings. The van der Waals surface area contributed by atoms with Crippen LogP contribution in [0.2, 0.25) is 0 Å². The van der Waals surface area contributed by atoms with Gasteiger partial charge in [0.2, 0.25) is 18.0 Å². The molecule has 8 nitrogen and oxygen atoms in total. The number of hydrogen-bond donors (Lipinski definition) is 2. The quantitative estimate of drug-likeness (QED) is 0.612. The van der Waals surface area contributed by atoms with E-state index in [-0.39, 0.29) is 23.7 Å². The number of hydrogen-bond acceptors (Lipinski definition) is 4. The molecule has 0 saturated carbocycles. The van der Waals surface area contributed by atoms with Crippen molar-refractivity contribution in [3.05, 3.63) is 71.2 Å². The lowest BCUT2D eigenvalue weighted by molar-refractivity contribution is -0.739. The number of aryl methyl sites for hydroxylation is 1. The lowest BCUT2D eigenvalue weighted by Gasteiger charge is -2.18. The minimum absolute atomic E-state index is 0.0172. The van der Waals surface area contributed by atoms with E-state index in [1.54, 1.807) is 30.3 Å². The van der Waals surface area contributed by atoms with E-state index in [1.807, 2.05) is 0 Å². The number of alkyl halides is 3. The van der Waals surface area contributed by atoms with Crippen LogP contribution in [0.4, 0.5) is 35.2 Å².